The van der Waals surface area contributed by atoms with Gasteiger partial charge in [0.15, 0.2) is 0 Å². The summed E-state index contributed by atoms with van der Waals surface area (Å²) in [6, 6.07) is 0. The van der Waals surface area contributed by atoms with Gasteiger partial charge in [0.25, 0.3) is 0 Å². The molecule has 0 aromatic rings. The van der Waals surface area contributed by atoms with Gasteiger partial charge in [0.05, 0.1) is 49.3 Å². The maximum Gasteiger partial charge on any atom is 0.506 e. The predicted molar refractivity (Wildman–Crippen MR) is 165 cm³/mol. The topological polar surface area (TPSA) is 143 Å². The fraction of sp³-hybridized carbons (Fsp3) is 0.970. The summed E-state index contributed by atoms with van der Waals surface area (Å²) in [6.07, 6.45) is 19.0. The van der Waals surface area contributed by atoms with Crippen LogP contribution in [0, 0.1) is 47.3 Å². The maximum absolute atomic E-state index is 11.8. The smallest absolute Gasteiger partial charge is 0.450 e. The Morgan fingerprint density at radius 3 is 1.05 bits per heavy atom. The minimum absolute atomic E-state index is 0.00284. The molecule has 44 heavy (non-hydrogen) atoms. The minimum atomic E-state index is -1.14. The van der Waals surface area contributed by atoms with E-state index in [1.165, 1.54) is 77.0 Å². The van der Waals surface area contributed by atoms with Crippen molar-refractivity contribution < 1.29 is 14.6 Å². The summed E-state index contributed by atoms with van der Waals surface area (Å²) in [4.78, 5) is 11.8. The number of fused-ring (bicyclic) bond motifs is 20. The van der Waals surface area contributed by atoms with Crippen molar-refractivity contribution in [3.63, 3.8) is 0 Å². The summed E-state index contributed by atoms with van der Waals surface area (Å²) in [5.41, 5.74) is 0. The summed E-state index contributed by atoms with van der Waals surface area (Å²) in [6.45, 7) is 0. The van der Waals surface area contributed by atoms with E-state index in [0.29, 0.717) is 59.9 Å². The fourth-order valence-electron chi connectivity index (χ4n) is 12.3. The first kappa shape index (κ1) is 29.1. The lowest BCUT2D eigenvalue weighted by Crippen LogP contribution is -2.62. The van der Waals surface area contributed by atoms with E-state index < -0.39 is 6.16 Å². The van der Waals surface area contributed by atoms with E-state index >= 15 is 0 Å². The van der Waals surface area contributed by atoms with Crippen LogP contribution in [0.1, 0.15) is 96.3 Å². The number of carboxylic acid groups (broad SMARTS) is 1. The third-order valence-electron chi connectivity index (χ3n) is 14.1. The lowest BCUT2D eigenvalue weighted by atomic mass is 9.75. The van der Waals surface area contributed by atoms with Gasteiger partial charge in [-0.3, -0.25) is 42.5 Å². The van der Waals surface area contributed by atoms with Crippen LogP contribution in [-0.2, 0) is 4.74 Å². The third kappa shape index (κ3) is 5.03. The molecule has 9 rings (SSSR count). The molecule has 17 atom stereocenters. The Balaban J connectivity index is 1.06. The van der Waals surface area contributed by atoms with E-state index in [0.717, 1.165) is 19.3 Å². The van der Waals surface area contributed by atoms with E-state index in [-0.39, 0.29) is 42.9 Å². The molecular weight excluding hydrogens is 556 g/mol. The van der Waals surface area contributed by atoms with E-state index in [1.807, 2.05) is 0 Å². The Morgan fingerprint density at radius 1 is 0.409 bits per heavy atom. The van der Waals surface area contributed by atoms with Crippen molar-refractivity contribution in [1.82, 2.24) is 42.5 Å². The van der Waals surface area contributed by atoms with Crippen LogP contribution >= 0.6 is 0 Å². The Kier molecular flexibility index (Phi) is 7.86. The number of hydrogen-bond donors (Lipinski definition) is 9. The van der Waals surface area contributed by atoms with E-state index in [9.17, 15) is 9.90 Å². The maximum atomic E-state index is 11.8. The van der Waals surface area contributed by atoms with Crippen LogP contribution in [0.2, 0.25) is 0 Å². The quantitative estimate of drug-likeness (QED) is 0.201. The number of rotatable bonds is 1. The molecule has 0 amide bonds. The second-order valence-corrected chi connectivity index (χ2v) is 16.1. The molecule has 9 N–H and O–H groups in total. The van der Waals surface area contributed by atoms with Crippen LogP contribution in [0.25, 0.3) is 0 Å². The van der Waals surface area contributed by atoms with Gasteiger partial charge < -0.3 is 9.84 Å². The average Bonchev–Trinajstić information content (AvgIpc) is 3.77. The van der Waals surface area contributed by atoms with Crippen LogP contribution in [0.15, 0.2) is 0 Å². The molecule has 4 saturated carbocycles. The molecule has 0 radical (unpaired) electrons. The Hall–Kier alpha value is -1.05. The molecule has 4 aliphatic carbocycles. The highest BCUT2D eigenvalue weighted by molar-refractivity contribution is 5.57. The third-order valence-corrected chi connectivity index (χ3v) is 14.1. The molecule has 0 aromatic heterocycles. The molecule has 5 heterocycles. The normalized spacial score (nSPS) is 55.0. The SMILES string of the molecule is O=C(O)OC1CCCC2C3NC4NC(NC5NC(NC6NC(NC(N3)C12)C1CCCCC61)C1CCCCC51)C1CCCCC41. The Morgan fingerprint density at radius 2 is 0.705 bits per heavy atom. The summed E-state index contributed by atoms with van der Waals surface area (Å²) in [5, 5.41) is 42.7. The second-order valence-electron chi connectivity index (χ2n) is 16.1. The number of nitrogens with one attached hydrogen (secondary N) is 8. The van der Waals surface area contributed by atoms with Gasteiger partial charge in [-0.25, -0.2) is 4.79 Å². The molecule has 5 aliphatic heterocycles. The van der Waals surface area contributed by atoms with E-state index in [2.05, 4.69) is 42.5 Å². The van der Waals surface area contributed by atoms with Crippen LogP contribution in [0.3, 0.4) is 0 Å². The molecule has 0 spiro atoms. The van der Waals surface area contributed by atoms with Crippen molar-refractivity contribution >= 4 is 6.16 Å². The molecule has 9 aliphatic rings. The average molecular weight is 613 g/mol. The predicted octanol–water partition coefficient (Wildman–Crippen LogP) is 2.28. The van der Waals surface area contributed by atoms with Gasteiger partial charge in [-0.2, -0.15) is 0 Å². The Labute approximate surface area is 262 Å². The highest BCUT2D eigenvalue weighted by atomic mass is 16.7. The van der Waals surface area contributed by atoms with Crippen LogP contribution in [0.4, 0.5) is 4.79 Å². The fourth-order valence-corrected chi connectivity index (χ4v) is 12.3. The zero-order valence-corrected chi connectivity index (χ0v) is 26.2. The van der Waals surface area contributed by atoms with Crippen molar-refractivity contribution in [2.45, 2.75) is 152 Å². The van der Waals surface area contributed by atoms with Gasteiger partial charge >= 0.3 is 6.16 Å². The van der Waals surface area contributed by atoms with Crippen molar-refractivity contribution in [1.29, 1.82) is 0 Å². The van der Waals surface area contributed by atoms with Crippen LogP contribution in [-0.4, -0.2) is 66.7 Å². The first-order chi connectivity index (χ1) is 21.6. The Bertz CT molecular complexity index is 1070. The number of carbonyl (C=O) groups is 1. The minimum Gasteiger partial charge on any atom is -0.450 e. The highest BCUT2D eigenvalue weighted by Crippen LogP contribution is 2.46. The van der Waals surface area contributed by atoms with Gasteiger partial charge in [-0.1, -0.05) is 38.5 Å². The van der Waals surface area contributed by atoms with Crippen molar-refractivity contribution in [3.8, 4) is 0 Å². The molecular formula is C33H56N8O3. The zero-order valence-electron chi connectivity index (χ0n) is 26.2. The molecule has 8 bridgehead atoms. The molecule has 0 aromatic carbocycles. The summed E-state index contributed by atoms with van der Waals surface area (Å²) < 4.78 is 5.64. The summed E-state index contributed by atoms with van der Waals surface area (Å²) in [7, 11) is 0. The van der Waals surface area contributed by atoms with Gasteiger partial charge in [0.2, 0.25) is 0 Å². The van der Waals surface area contributed by atoms with Gasteiger partial charge in [0, 0.05) is 5.92 Å². The zero-order chi connectivity index (χ0) is 29.4. The monoisotopic (exact) mass is 612 g/mol. The molecule has 5 saturated heterocycles. The highest BCUT2D eigenvalue weighted by Gasteiger charge is 2.56. The van der Waals surface area contributed by atoms with Crippen LogP contribution < -0.4 is 42.5 Å². The van der Waals surface area contributed by atoms with Crippen molar-refractivity contribution in [3.05, 3.63) is 0 Å². The second kappa shape index (κ2) is 11.9. The lowest BCUT2D eigenvalue weighted by Gasteiger charge is -2.38. The van der Waals surface area contributed by atoms with Gasteiger partial charge in [-0.15, -0.1) is 0 Å². The molecule has 17 unspecified atom stereocenters. The standard InChI is InChI=1S/C33H56N8O3/c42-33(43)44-23-15-7-14-22-24(23)32-40-30-21-13-6-5-12-20(21)28(38-30)36-26-17-9-2-1-8-16(17)25(34-26)35-27-18-10-3-4-11-19(18)29(37-27)39-31(22)41-32/h16-32,34-41H,1-15H2,(H,42,43). The molecule has 11 heteroatoms. The van der Waals surface area contributed by atoms with E-state index in [1.54, 1.807) is 0 Å². The van der Waals surface area contributed by atoms with Crippen molar-refractivity contribution in [2.75, 3.05) is 0 Å². The summed E-state index contributed by atoms with van der Waals surface area (Å²) >= 11 is 0. The number of ether oxygens (including phenoxy) is 1. The van der Waals surface area contributed by atoms with Crippen molar-refractivity contribution in [2.24, 2.45) is 47.3 Å². The first-order valence-corrected chi connectivity index (χ1v) is 18.6. The first-order valence-electron chi connectivity index (χ1n) is 18.6. The number of hydrogen-bond acceptors (Lipinski definition) is 10. The van der Waals surface area contributed by atoms with Gasteiger partial charge in [0.1, 0.15) is 6.10 Å². The largest absolute Gasteiger partial charge is 0.506 e. The molecule has 11 nitrogen and oxygen atoms in total. The molecule has 246 valence electrons. The van der Waals surface area contributed by atoms with E-state index in [4.69, 9.17) is 4.74 Å². The van der Waals surface area contributed by atoms with Crippen LogP contribution in [0.5, 0.6) is 0 Å². The lowest BCUT2D eigenvalue weighted by molar-refractivity contribution is -0.0173. The van der Waals surface area contributed by atoms with Gasteiger partial charge in [-0.05, 0) is 99.2 Å². The molecule has 9 fully saturated rings. The summed E-state index contributed by atoms with van der Waals surface area (Å²) in [5.74, 6) is 4.21.